The predicted molar refractivity (Wildman–Crippen MR) is 93.7 cm³/mol. The van der Waals surface area contributed by atoms with Crippen LogP contribution in [0.2, 0.25) is 17.0 Å². The second-order valence-electron chi connectivity index (χ2n) is 6.28. The summed E-state index contributed by atoms with van der Waals surface area (Å²) in [6.45, 7) is 0. The van der Waals surface area contributed by atoms with E-state index in [0.717, 1.165) is 0 Å². The maximum absolute atomic E-state index is 2.45. The van der Waals surface area contributed by atoms with Crippen LogP contribution in [0.5, 0.6) is 0 Å². The molecule has 2 aromatic rings. The summed E-state index contributed by atoms with van der Waals surface area (Å²) in [5.41, 5.74) is 6.32. The number of fused-ring (bicyclic) bond motifs is 2. The molecule has 0 atom stereocenters. The Bertz CT molecular complexity index is 553. The van der Waals surface area contributed by atoms with E-state index in [1.54, 1.807) is 22.3 Å². The van der Waals surface area contributed by atoms with Gasteiger partial charge in [0.05, 0.1) is 0 Å². The third kappa shape index (κ3) is 3.42. The van der Waals surface area contributed by atoms with E-state index in [4.69, 9.17) is 0 Å². The minimum absolute atomic E-state index is 0.303. The molecule has 1 aliphatic carbocycles. The molecule has 0 saturated carbocycles. The molecule has 110 valence electrons. The van der Waals surface area contributed by atoms with Crippen molar-refractivity contribution in [2.75, 3.05) is 0 Å². The molecule has 0 amide bonds. The Morgan fingerprint density at radius 2 is 1.38 bits per heavy atom. The van der Waals surface area contributed by atoms with E-state index < -0.39 is 0 Å². The van der Waals surface area contributed by atoms with E-state index in [9.17, 15) is 0 Å². The first-order valence-electron chi connectivity index (χ1n) is 7.95. The molecule has 1 aliphatic rings. The summed E-state index contributed by atoms with van der Waals surface area (Å²) in [4.78, 5) is 0. The van der Waals surface area contributed by atoms with Gasteiger partial charge >= 0.3 is 133 Å². The summed E-state index contributed by atoms with van der Waals surface area (Å²) in [5.74, 6) is 5.52. The molecular weight excluding hydrogens is 319 g/mol. The third-order valence-electron chi connectivity index (χ3n) is 4.57. The molecule has 0 unspecified atom stereocenters. The molecular formula is C20H25Se+. The normalized spacial score (nSPS) is 14.6. The SMILES string of the molecule is C[Se+](C)CCCC1c2ccccc2CCc2ccccc21. The van der Waals surface area contributed by atoms with Gasteiger partial charge in [-0.15, -0.1) is 0 Å². The molecule has 0 N–H and O–H groups in total. The third-order valence-corrected chi connectivity index (χ3v) is 6.89. The number of hydrogen-bond donors (Lipinski definition) is 0. The van der Waals surface area contributed by atoms with Crippen LogP contribution in [-0.2, 0) is 12.8 Å². The first-order valence-corrected chi connectivity index (χ1v) is 12.6. The van der Waals surface area contributed by atoms with E-state index in [1.165, 1.54) is 31.0 Å². The number of aryl methyl sites for hydroxylation is 2. The summed E-state index contributed by atoms with van der Waals surface area (Å²) < 4.78 is 0. The van der Waals surface area contributed by atoms with E-state index in [1.807, 2.05) is 0 Å². The van der Waals surface area contributed by atoms with Crippen molar-refractivity contribution in [3.8, 4) is 0 Å². The summed E-state index contributed by atoms with van der Waals surface area (Å²) in [5, 5.41) is 1.46. The first-order chi connectivity index (χ1) is 10.3. The average molecular weight is 344 g/mol. The molecule has 2 aromatic carbocycles. The summed E-state index contributed by atoms with van der Waals surface area (Å²) >= 11 is -0.303. The van der Waals surface area contributed by atoms with Gasteiger partial charge in [-0.25, -0.2) is 0 Å². The molecule has 0 aromatic heterocycles. The Morgan fingerprint density at radius 3 is 1.90 bits per heavy atom. The first kappa shape index (κ1) is 14.9. The number of benzene rings is 2. The van der Waals surface area contributed by atoms with Gasteiger partial charge in [-0.3, -0.25) is 0 Å². The number of rotatable bonds is 4. The Balaban J connectivity index is 1.95. The Hall–Kier alpha value is -1.04. The van der Waals surface area contributed by atoms with E-state index >= 15 is 0 Å². The van der Waals surface area contributed by atoms with E-state index in [2.05, 4.69) is 60.2 Å². The molecule has 1 heteroatoms. The Morgan fingerprint density at radius 1 is 0.857 bits per heavy atom. The summed E-state index contributed by atoms with van der Waals surface area (Å²) in [6, 6.07) is 18.3. The van der Waals surface area contributed by atoms with Crippen LogP contribution in [-0.4, -0.2) is 13.9 Å². The fourth-order valence-corrected chi connectivity index (χ4v) is 5.09. The average Bonchev–Trinajstić information content (AvgIpc) is 2.65. The molecule has 0 radical (unpaired) electrons. The molecule has 0 aliphatic heterocycles. The van der Waals surface area contributed by atoms with Gasteiger partial charge in [0.25, 0.3) is 0 Å². The van der Waals surface area contributed by atoms with Crippen molar-refractivity contribution >= 4 is 13.9 Å². The van der Waals surface area contributed by atoms with Crippen LogP contribution in [0.4, 0.5) is 0 Å². The van der Waals surface area contributed by atoms with Gasteiger partial charge in [0.2, 0.25) is 0 Å². The molecule has 0 heterocycles. The van der Waals surface area contributed by atoms with Crippen molar-refractivity contribution in [3.63, 3.8) is 0 Å². The van der Waals surface area contributed by atoms with Crippen LogP contribution in [0.1, 0.15) is 41.0 Å². The summed E-state index contributed by atoms with van der Waals surface area (Å²) in [7, 11) is 0. The fourth-order valence-electron chi connectivity index (χ4n) is 3.53. The van der Waals surface area contributed by atoms with Crippen LogP contribution in [0.3, 0.4) is 0 Å². The monoisotopic (exact) mass is 345 g/mol. The molecule has 0 nitrogen and oxygen atoms in total. The van der Waals surface area contributed by atoms with Crippen molar-refractivity contribution < 1.29 is 0 Å². The van der Waals surface area contributed by atoms with Crippen LogP contribution in [0, 0.1) is 0 Å². The zero-order valence-electron chi connectivity index (χ0n) is 13.1. The van der Waals surface area contributed by atoms with Gasteiger partial charge in [-0.05, 0) is 0 Å². The molecule has 0 spiro atoms. The van der Waals surface area contributed by atoms with E-state index in [0.29, 0.717) is 5.92 Å². The standard InChI is InChI=1S/C20H25Se/c1-21(2)15-7-12-20-18-10-5-3-8-16(18)13-14-17-9-4-6-11-19(17)20/h3-6,8-11,20H,7,12-15H2,1-2H3/q+1. The van der Waals surface area contributed by atoms with Crippen molar-refractivity contribution in [2.24, 2.45) is 0 Å². The van der Waals surface area contributed by atoms with Crippen molar-refractivity contribution in [1.82, 2.24) is 0 Å². The topological polar surface area (TPSA) is 0 Å². The minimum atomic E-state index is -0.303. The fraction of sp³-hybridized carbons (Fsp3) is 0.400. The molecule has 21 heavy (non-hydrogen) atoms. The summed E-state index contributed by atoms with van der Waals surface area (Å²) in [6.07, 6.45) is 5.09. The molecule has 3 rings (SSSR count). The van der Waals surface area contributed by atoms with Crippen molar-refractivity contribution in [1.29, 1.82) is 0 Å². The van der Waals surface area contributed by atoms with Crippen LogP contribution in [0.25, 0.3) is 0 Å². The van der Waals surface area contributed by atoms with Crippen LogP contribution in [0.15, 0.2) is 48.5 Å². The molecule has 0 fully saturated rings. The quantitative estimate of drug-likeness (QED) is 0.647. The van der Waals surface area contributed by atoms with Gasteiger partial charge in [0, 0.05) is 0 Å². The van der Waals surface area contributed by atoms with Crippen molar-refractivity contribution in [3.05, 3.63) is 70.8 Å². The Labute approximate surface area is 133 Å². The number of hydrogen-bond acceptors (Lipinski definition) is 0. The zero-order chi connectivity index (χ0) is 14.7. The molecule has 0 bridgehead atoms. The van der Waals surface area contributed by atoms with Gasteiger partial charge < -0.3 is 0 Å². The van der Waals surface area contributed by atoms with Crippen molar-refractivity contribution in [2.45, 2.75) is 48.6 Å². The van der Waals surface area contributed by atoms with Gasteiger partial charge in [0.15, 0.2) is 0 Å². The second-order valence-corrected chi connectivity index (χ2v) is 11.3. The molecule has 0 saturated heterocycles. The van der Waals surface area contributed by atoms with Crippen LogP contribution < -0.4 is 0 Å². The van der Waals surface area contributed by atoms with Gasteiger partial charge in [-0.2, -0.15) is 0 Å². The Kier molecular flexibility index (Phi) is 4.83. The predicted octanol–water partition coefficient (Wildman–Crippen LogP) is 5.45. The van der Waals surface area contributed by atoms with Gasteiger partial charge in [-0.1, -0.05) is 0 Å². The second kappa shape index (κ2) is 6.81. The van der Waals surface area contributed by atoms with E-state index in [-0.39, 0.29) is 13.9 Å². The van der Waals surface area contributed by atoms with Crippen LogP contribution >= 0.6 is 0 Å². The van der Waals surface area contributed by atoms with Gasteiger partial charge in [0.1, 0.15) is 0 Å². The maximum atomic E-state index is 2.45. The zero-order valence-corrected chi connectivity index (χ0v) is 14.9.